The van der Waals surface area contributed by atoms with Gasteiger partial charge in [0.15, 0.2) is 0 Å². The molecule has 1 heterocycles. The zero-order chi connectivity index (χ0) is 24.7. The fraction of sp³-hybridized carbons (Fsp3) is 0.808. The Kier molecular flexibility index (Phi) is 7.64. The van der Waals surface area contributed by atoms with Crippen LogP contribution in [0.1, 0.15) is 89.7 Å². The fourth-order valence-electron chi connectivity index (χ4n) is 6.01. The van der Waals surface area contributed by atoms with Crippen molar-refractivity contribution >= 4 is 23.2 Å². The molecule has 1 aromatic heterocycles. The number of hydrogen-bond donors (Lipinski definition) is 1. The third-order valence-corrected chi connectivity index (χ3v) is 9.06. The van der Waals surface area contributed by atoms with Crippen molar-refractivity contribution in [3.63, 3.8) is 0 Å². The molecule has 3 rings (SSSR count). The molecule has 0 saturated heterocycles. The molecule has 0 spiro atoms. The number of thiazole rings is 1. The van der Waals surface area contributed by atoms with E-state index >= 15 is 0 Å². The first-order valence-electron chi connectivity index (χ1n) is 12.5. The minimum absolute atomic E-state index is 0.0216. The van der Waals surface area contributed by atoms with Crippen LogP contribution in [0.25, 0.3) is 0 Å². The van der Waals surface area contributed by atoms with Crippen LogP contribution >= 0.6 is 11.3 Å². The summed E-state index contributed by atoms with van der Waals surface area (Å²) in [5.74, 6) is -0.159. The number of fused-ring (bicyclic) bond motifs is 2. The van der Waals surface area contributed by atoms with E-state index in [2.05, 4.69) is 13.8 Å². The molecule has 0 unspecified atom stereocenters. The molecule has 2 aliphatic carbocycles. The van der Waals surface area contributed by atoms with Crippen LogP contribution in [-0.2, 0) is 27.4 Å². The number of aromatic nitrogens is 1. The van der Waals surface area contributed by atoms with Gasteiger partial charge in [0.25, 0.3) is 0 Å². The summed E-state index contributed by atoms with van der Waals surface area (Å²) in [6.45, 7) is 17.6. The van der Waals surface area contributed by atoms with Crippen LogP contribution in [0.5, 0.6) is 0 Å². The lowest BCUT2D eigenvalue weighted by molar-refractivity contribution is -0.154. The number of carbonyl (C=O) groups is 2. The summed E-state index contributed by atoms with van der Waals surface area (Å²) in [5, 5.41) is 12.4. The molecule has 6 nitrogen and oxygen atoms in total. The highest BCUT2D eigenvalue weighted by Gasteiger charge is 2.54. The van der Waals surface area contributed by atoms with Crippen molar-refractivity contribution in [2.75, 3.05) is 13.1 Å². The lowest BCUT2D eigenvalue weighted by atomic mass is 9.53. The highest BCUT2D eigenvalue weighted by Crippen LogP contribution is 2.57. The van der Waals surface area contributed by atoms with Crippen molar-refractivity contribution in [3.05, 3.63) is 15.6 Å². The Morgan fingerprint density at radius 3 is 2.52 bits per heavy atom. The topological polar surface area (TPSA) is 79.7 Å². The Morgan fingerprint density at radius 2 is 1.94 bits per heavy atom. The number of esters is 1. The summed E-state index contributed by atoms with van der Waals surface area (Å²) in [6, 6.07) is 0. The molecule has 0 aliphatic heterocycles. The van der Waals surface area contributed by atoms with Crippen LogP contribution in [0.15, 0.2) is 0 Å². The van der Waals surface area contributed by atoms with Gasteiger partial charge < -0.3 is 14.7 Å². The molecule has 1 amide bonds. The average Bonchev–Trinajstić information content (AvgIpc) is 3.14. The van der Waals surface area contributed by atoms with Gasteiger partial charge in [0, 0.05) is 29.8 Å². The Labute approximate surface area is 203 Å². The first-order chi connectivity index (χ1) is 15.3. The van der Waals surface area contributed by atoms with Crippen molar-refractivity contribution in [1.82, 2.24) is 9.88 Å². The van der Waals surface area contributed by atoms with Crippen molar-refractivity contribution in [2.24, 2.45) is 28.6 Å². The van der Waals surface area contributed by atoms with Crippen LogP contribution in [-0.4, -0.2) is 46.1 Å². The first-order valence-corrected chi connectivity index (χ1v) is 13.3. The third kappa shape index (κ3) is 5.00. The van der Waals surface area contributed by atoms with Gasteiger partial charge >= 0.3 is 5.97 Å². The molecule has 0 bridgehead atoms. The minimum atomic E-state index is -0.537. The number of nitrogens with zero attached hydrogens (tertiary/aromatic N) is 2. The molecular formula is C26H42N2O4S. The molecule has 0 radical (unpaired) electrons. The van der Waals surface area contributed by atoms with Crippen LogP contribution in [0.2, 0.25) is 0 Å². The summed E-state index contributed by atoms with van der Waals surface area (Å²) in [6.07, 6.45) is 2.19. The molecule has 1 fully saturated rings. The van der Waals surface area contributed by atoms with Gasteiger partial charge in [-0.3, -0.25) is 9.59 Å². The van der Waals surface area contributed by atoms with E-state index in [1.807, 2.05) is 46.4 Å². The van der Waals surface area contributed by atoms with Gasteiger partial charge in [-0.05, 0) is 71.1 Å². The summed E-state index contributed by atoms with van der Waals surface area (Å²) in [4.78, 5) is 33.2. The van der Waals surface area contributed by atoms with Crippen molar-refractivity contribution < 1.29 is 19.4 Å². The van der Waals surface area contributed by atoms with Crippen LogP contribution < -0.4 is 0 Å². The van der Waals surface area contributed by atoms with E-state index in [0.29, 0.717) is 13.1 Å². The van der Waals surface area contributed by atoms with E-state index in [0.717, 1.165) is 30.0 Å². The van der Waals surface area contributed by atoms with E-state index < -0.39 is 11.5 Å². The second-order valence-electron chi connectivity index (χ2n) is 11.4. The number of ether oxygens (including phenoxy) is 1. The van der Waals surface area contributed by atoms with Gasteiger partial charge in [-0.15, -0.1) is 11.3 Å². The smallest absolute Gasteiger partial charge is 0.311 e. The second kappa shape index (κ2) is 9.65. The zero-order valence-electron chi connectivity index (χ0n) is 21.6. The van der Waals surface area contributed by atoms with Crippen LogP contribution in [0.3, 0.4) is 0 Å². The largest absolute Gasteiger partial charge is 0.458 e. The molecule has 1 saturated carbocycles. The zero-order valence-corrected chi connectivity index (χ0v) is 22.4. The summed E-state index contributed by atoms with van der Waals surface area (Å²) < 4.78 is 5.51. The van der Waals surface area contributed by atoms with E-state index in [-0.39, 0.29) is 47.6 Å². The Bertz CT molecular complexity index is 872. The predicted octanol–water partition coefficient (Wildman–Crippen LogP) is 4.79. The molecule has 2 aliphatic rings. The highest BCUT2D eigenvalue weighted by atomic mass is 32.1. The Hall–Kier alpha value is -1.47. The molecular weight excluding hydrogens is 436 g/mol. The second-order valence-corrected chi connectivity index (χ2v) is 12.5. The normalized spacial score (nSPS) is 30.2. The SMILES string of the molecule is CCN(CC)C(=O)[C@@H](C)[C@H]1CC[C@]2(C)Cc3sc(COC(=O)C(C)(C)C)nc3[C@@H](C)[C@@H]2[C@H]1O. The molecule has 6 atom stereocenters. The molecule has 33 heavy (non-hydrogen) atoms. The first kappa shape index (κ1) is 26.1. The van der Waals surface area contributed by atoms with E-state index in [1.54, 1.807) is 11.3 Å². The van der Waals surface area contributed by atoms with Gasteiger partial charge in [0.2, 0.25) is 5.91 Å². The van der Waals surface area contributed by atoms with Gasteiger partial charge in [0.05, 0.1) is 17.2 Å². The number of carbonyl (C=O) groups excluding carboxylic acids is 2. The van der Waals surface area contributed by atoms with Crippen molar-refractivity contribution in [3.8, 4) is 0 Å². The van der Waals surface area contributed by atoms with E-state index in [9.17, 15) is 14.7 Å². The van der Waals surface area contributed by atoms with Gasteiger partial charge in [-0.25, -0.2) is 4.98 Å². The molecule has 1 N–H and O–H groups in total. The van der Waals surface area contributed by atoms with E-state index in [1.165, 1.54) is 4.88 Å². The number of aliphatic hydroxyl groups is 1. The molecule has 1 aromatic rings. The fourth-order valence-corrected chi connectivity index (χ4v) is 7.29. The van der Waals surface area contributed by atoms with Gasteiger partial charge in [-0.1, -0.05) is 20.8 Å². The summed E-state index contributed by atoms with van der Waals surface area (Å²) >= 11 is 1.64. The monoisotopic (exact) mass is 478 g/mol. The van der Waals surface area contributed by atoms with Crippen molar-refractivity contribution in [1.29, 1.82) is 0 Å². The lowest BCUT2D eigenvalue weighted by Crippen LogP contribution is -2.53. The van der Waals surface area contributed by atoms with Gasteiger partial charge in [-0.2, -0.15) is 0 Å². The van der Waals surface area contributed by atoms with Crippen molar-refractivity contribution in [2.45, 2.75) is 93.3 Å². The number of aliphatic hydroxyl groups excluding tert-OH is 1. The molecule has 186 valence electrons. The van der Waals surface area contributed by atoms with Crippen LogP contribution in [0, 0.1) is 28.6 Å². The molecule has 7 heteroatoms. The highest BCUT2D eigenvalue weighted by molar-refractivity contribution is 7.11. The third-order valence-electron chi connectivity index (χ3n) is 8.01. The Balaban J connectivity index is 1.80. The minimum Gasteiger partial charge on any atom is -0.458 e. The van der Waals surface area contributed by atoms with Crippen LogP contribution in [0.4, 0.5) is 0 Å². The Morgan fingerprint density at radius 1 is 1.30 bits per heavy atom. The molecule has 0 aromatic carbocycles. The predicted molar refractivity (Wildman–Crippen MR) is 131 cm³/mol. The summed E-state index contributed by atoms with van der Waals surface area (Å²) in [7, 11) is 0. The maximum absolute atomic E-state index is 13.0. The standard InChI is InChI=1S/C26H42N2O4S/c1-9-28(10-2)23(30)15(3)17-11-12-26(8)13-18-21(16(4)20(26)22(17)29)27-19(33-18)14-32-24(31)25(5,6)7/h15-17,20,22,29H,9-14H2,1-8H3/t15-,16-,17+,20+,22-,26+/m0/s1. The quantitative estimate of drug-likeness (QED) is 0.595. The van der Waals surface area contributed by atoms with E-state index in [4.69, 9.17) is 9.72 Å². The average molecular weight is 479 g/mol. The summed E-state index contributed by atoms with van der Waals surface area (Å²) in [5.41, 5.74) is 0.476. The number of rotatable bonds is 6. The maximum Gasteiger partial charge on any atom is 0.311 e. The maximum atomic E-state index is 13.0. The number of amides is 1. The number of hydrogen-bond acceptors (Lipinski definition) is 6. The van der Waals surface area contributed by atoms with Gasteiger partial charge in [0.1, 0.15) is 11.6 Å². The lowest BCUT2D eigenvalue weighted by Gasteiger charge is -2.53.